The Bertz CT molecular complexity index is 406. The van der Waals surface area contributed by atoms with Crippen LogP contribution < -0.4 is 14.8 Å². The number of nitrogens with one attached hydrogen (secondary N) is 1. The van der Waals surface area contributed by atoms with Gasteiger partial charge in [-0.1, -0.05) is 0 Å². The van der Waals surface area contributed by atoms with Crippen molar-refractivity contribution in [2.75, 3.05) is 19.5 Å². The summed E-state index contributed by atoms with van der Waals surface area (Å²) in [7, 11) is 3.19. The lowest BCUT2D eigenvalue weighted by molar-refractivity contribution is -0.137. The number of ether oxygens (including phenoxy) is 2. The summed E-state index contributed by atoms with van der Waals surface area (Å²) >= 11 is 0. The van der Waals surface area contributed by atoms with Crippen molar-refractivity contribution < 1.29 is 19.4 Å². The van der Waals surface area contributed by atoms with Crippen LogP contribution in [0, 0.1) is 0 Å². The number of carbonyl (C=O) groups is 1. The van der Waals surface area contributed by atoms with Crippen LogP contribution in [0.4, 0.5) is 5.69 Å². The Hall–Kier alpha value is -1.91. The first-order valence-corrected chi connectivity index (χ1v) is 5.77. The zero-order chi connectivity index (χ0) is 13.5. The number of hydrogen-bond acceptors (Lipinski definition) is 4. The van der Waals surface area contributed by atoms with Gasteiger partial charge < -0.3 is 19.9 Å². The molecule has 0 aliphatic carbocycles. The summed E-state index contributed by atoms with van der Waals surface area (Å²) in [6.45, 7) is 1.93. The maximum atomic E-state index is 10.5. The van der Waals surface area contributed by atoms with Gasteiger partial charge in [-0.2, -0.15) is 0 Å². The third kappa shape index (κ3) is 4.16. The fourth-order valence-corrected chi connectivity index (χ4v) is 1.60. The number of aliphatic carboxylic acids is 1. The van der Waals surface area contributed by atoms with Crippen molar-refractivity contribution in [2.24, 2.45) is 0 Å². The molecule has 0 amide bonds. The first kappa shape index (κ1) is 14.2. The summed E-state index contributed by atoms with van der Waals surface area (Å²) < 4.78 is 10.4. The van der Waals surface area contributed by atoms with Crippen LogP contribution in [0.2, 0.25) is 0 Å². The molecular formula is C13H19NO4. The fourth-order valence-electron chi connectivity index (χ4n) is 1.60. The maximum absolute atomic E-state index is 10.5. The quantitative estimate of drug-likeness (QED) is 0.780. The molecule has 1 rings (SSSR count). The van der Waals surface area contributed by atoms with E-state index in [1.54, 1.807) is 14.2 Å². The van der Waals surface area contributed by atoms with E-state index in [0.717, 1.165) is 11.4 Å². The van der Waals surface area contributed by atoms with Crippen LogP contribution in [0.15, 0.2) is 18.2 Å². The number of rotatable bonds is 7. The number of methoxy groups -OCH3 is 2. The van der Waals surface area contributed by atoms with E-state index in [1.807, 2.05) is 25.1 Å². The first-order chi connectivity index (χ1) is 8.56. The zero-order valence-corrected chi connectivity index (χ0v) is 10.9. The van der Waals surface area contributed by atoms with Gasteiger partial charge in [-0.15, -0.1) is 0 Å². The van der Waals surface area contributed by atoms with E-state index in [9.17, 15) is 4.79 Å². The number of benzene rings is 1. The molecule has 5 heteroatoms. The highest BCUT2D eigenvalue weighted by Crippen LogP contribution is 2.29. The van der Waals surface area contributed by atoms with Gasteiger partial charge in [-0.25, -0.2) is 0 Å². The summed E-state index contributed by atoms with van der Waals surface area (Å²) in [5, 5.41) is 11.9. The molecular weight excluding hydrogens is 234 g/mol. The van der Waals surface area contributed by atoms with Gasteiger partial charge in [-0.05, 0) is 25.5 Å². The van der Waals surface area contributed by atoms with Gasteiger partial charge in [0, 0.05) is 18.5 Å². The minimum Gasteiger partial charge on any atom is -0.497 e. The van der Waals surface area contributed by atoms with Crippen LogP contribution >= 0.6 is 0 Å². The normalized spacial score (nSPS) is 11.7. The van der Waals surface area contributed by atoms with Crippen LogP contribution in [0.3, 0.4) is 0 Å². The molecule has 1 aromatic carbocycles. The molecule has 1 unspecified atom stereocenters. The van der Waals surface area contributed by atoms with E-state index in [1.165, 1.54) is 0 Å². The lowest BCUT2D eigenvalue weighted by atomic mass is 10.1. The molecule has 0 aromatic heterocycles. The highest BCUT2D eigenvalue weighted by molar-refractivity contribution is 5.67. The number of carboxylic acid groups (broad SMARTS) is 1. The lowest BCUT2D eigenvalue weighted by Crippen LogP contribution is -2.17. The standard InChI is InChI=1S/C13H19NO4/c1-9(4-7-13(15)16)14-11-8-10(17-2)5-6-12(11)18-3/h5-6,8-9,14H,4,7H2,1-3H3,(H,15,16). The average molecular weight is 253 g/mol. The second-order valence-electron chi connectivity index (χ2n) is 4.04. The van der Waals surface area contributed by atoms with E-state index in [4.69, 9.17) is 14.6 Å². The molecule has 0 fully saturated rings. The third-order valence-electron chi connectivity index (χ3n) is 2.60. The van der Waals surface area contributed by atoms with Crippen LogP contribution in [-0.4, -0.2) is 31.3 Å². The summed E-state index contributed by atoms with van der Waals surface area (Å²) in [6, 6.07) is 5.50. The highest BCUT2D eigenvalue weighted by Gasteiger charge is 2.09. The Morgan fingerprint density at radius 3 is 2.67 bits per heavy atom. The Balaban J connectivity index is 2.71. The number of anilines is 1. The maximum Gasteiger partial charge on any atom is 0.303 e. The molecule has 5 nitrogen and oxygen atoms in total. The molecule has 0 aliphatic rings. The van der Waals surface area contributed by atoms with Gasteiger partial charge in [0.15, 0.2) is 0 Å². The molecule has 100 valence electrons. The summed E-state index contributed by atoms with van der Waals surface area (Å²) in [6.07, 6.45) is 0.691. The average Bonchev–Trinajstić information content (AvgIpc) is 2.36. The fraction of sp³-hybridized carbons (Fsp3) is 0.462. The topological polar surface area (TPSA) is 67.8 Å². The number of hydrogen-bond donors (Lipinski definition) is 2. The first-order valence-electron chi connectivity index (χ1n) is 5.77. The minimum atomic E-state index is -0.791. The Morgan fingerprint density at radius 1 is 1.39 bits per heavy atom. The molecule has 1 aromatic rings. The summed E-state index contributed by atoms with van der Waals surface area (Å²) in [5.74, 6) is 0.642. The molecule has 0 saturated carbocycles. The Morgan fingerprint density at radius 2 is 2.11 bits per heavy atom. The smallest absolute Gasteiger partial charge is 0.303 e. The van der Waals surface area contributed by atoms with Crippen molar-refractivity contribution in [3.8, 4) is 11.5 Å². The van der Waals surface area contributed by atoms with Gasteiger partial charge in [0.25, 0.3) is 0 Å². The molecule has 18 heavy (non-hydrogen) atoms. The van der Waals surface area contributed by atoms with Crippen LogP contribution in [0.1, 0.15) is 19.8 Å². The van der Waals surface area contributed by atoms with Crippen LogP contribution in [0.25, 0.3) is 0 Å². The van der Waals surface area contributed by atoms with Gasteiger partial charge in [0.1, 0.15) is 11.5 Å². The predicted molar refractivity (Wildman–Crippen MR) is 69.5 cm³/mol. The molecule has 0 bridgehead atoms. The van der Waals surface area contributed by atoms with E-state index in [0.29, 0.717) is 12.2 Å². The second-order valence-corrected chi connectivity index (χ2v) is 4.04. The van der Waals surface area contributed by atoms with E-state index in [2.05, 4.69) is 5.32 Å². The van der Waals surface area contributed by atoms with Crippen molar-refractivity contribution in [2.45, 2.75) is 25.8 Å². The van der Waals surface area contributed by atoms with Crippen molar-refractivity contribution in [3.63, 3.8) is 0 Å². The monoisotopic (exact) mass is 253 g/mol. The molecule has 0 spiro atoms. The minimum absolute atomic E-state index is 0.0436. The van der Waals surface area contributed by atoms with Crippen molar-refractivity contribution in [1.29, 1.82) is 0 Å². The highest BCUT2D eigenvalue weighted by atomic mass is 16.5. The van der Waals surface area contributed by atoms with Gasteiger partial charge in [0.2, 0.25) is 0 Å². The van der Waals surface area contributed by atoms with Crippen LogP contribution in [0.5, 0.6) is 11.5 Å². The molecule has 0 heterocycles. The van der Waals surface area contributed by atoms with Gasteiger partial charge in [-0.3, -0.25) is 4.79 Å². The van der Waals surface area contributed by atoms with Crippen molar-refractivity contribution in [3.05, 3.63) is 18.2 Å². The van der Waals surface area contributed by atoms with E-state index >= 15 is 0 Å². The third-order valence-corrected chi connectivity index (χ3v) is 2.60. The zero-order valence-electron chi connectivity index (χ0n) is 10.9. The van der Waals surface area contributed by atoms with Gasteiger partial charge >= 0.3 is 5.97 Å². The Kier molecular flexibility index (Phi) is 5.30. The van der Waals surface area contributed by atoms with E-state index in [-0.39, 0.29) is 12.5 Å². The lowest BCUT2D eigenvalue weighted by Gasteiger charge is -2.17. The molecule has 0 radical (unpaired) electrons. The molecule has 0 saturated heterocycles. The van der Waals surface area contributed by atoms with Gasteiger partial charge in [0.05, 0.1) is 19.9 Å². The SMILES string of the molecule is COc1ccc(OC)c(NC(C)CCC(=O)O)c1. The van der Waals surface area contributed by atoms with Crippen LogP contribution in [-0.2, 0) is 4.79 Å². The second kappa shape index (κ2) is 6.74. The van der Waals surface area contributed by atoms with Crippen molar-refractivity contribution >= 4 is 11.7 Å². The molecule has 0 aliphatic heterocycles. The molecule has 2 N–H and O–H groups in total. The van der Waals surface area contributed by atoms with Crippen molar-refractivity contribution in [1.82, 2.24) is 0 Å². The summed E-state index contributed by atoms with van der Waals surface area (Å²) in [4.78, 5) is 10.5. The predicted octanol–water partition coefficient (Wildman–Crippen LogP) is 2.37. The summed E-state index contributed by atoms with van der Waals surface area (Å²) in [5.41, 5.74) is 0.801. The Labute approximate surface area is 107 Å². The number of carboxylic acids is 1. The largest absolute Gasteiger partial charge is 0.497 e. The van der Waals surface area contributed by atoms with E-state index < -0.39 is 5.97 Å². The molecule has 1 atom stereocenters.